The SMILES string of the molecule is CCc1ncccc1OC. The van der Waals surface area contributed by atoms with E-state index in [4.69, 9.17) is 4.74 Å². The molecule has 2 heteroatoms. The minimum Gasteiger partial charge on any atom is -0.495 e. The van der Waals surface area contributed by atoms with E-state index < -0.39 is 0 Å². The van der Waals surface area contributed by atoms with Crippen LogP contribution in [0.5, 0.6) is 5.75 Å². The smallest absolute Gasteiger partial charge is 0.140 e. The highest BCUT2D eigenvalue weighted by molar-refractivity contribution is 5.26. The molecule has 54 valence electrons. The van der Waals surface area contributed by atoms with Crippen molar-refractivity contribution in [2.75, 3.05) is 7.11 Å². The van der Waals surface area contributed by atoms with E-state index >= 15 is 0 Å². The molecule has 1 rings (SSSR count). The average molecular weight is 137 g/mol. The highest BCUT2D eigenvalue weighted by Crippen LogP contribution is 2.13. The Bertz CT molecular complexity index is 187. The number of hydrogen-bond acceptors (Lipinski definition) is 2. The van der Waals surface area contributed by atoms with E-state index in [-0.39, 0.29) is 0 Å². The summed E-state index contributed by atoms with van der Waals surface area (Å²) in [5.41, 5.74) is 1.02. The Morgan fingerprint density at radius 2 is 2.40 bits per heavy atom. The zero-order chi connectivity index (χ0) is 7.40. The second-order valence-electron chi connectivity index (χ2n) is 2.01. The minimum atomic E-state index is 0.880. The molecule has 0 spiro atoms. The molecule has 0 aliphatic rings. The average Bonchev–Trinajstić information content (AvgIpc) is 2.04. The molecule has 0 amide bonds. The lowest BCUT2D eigenvalue weighted by atomic mass is 10.3. The molecule has 0 saturated heterocycles. The molecule has 2 nitrogen and oxygen atoms in total. The quantitative estimate of drug-likeness (QED) is 0.618. The number of pyridine rings is 1. The summed E-state index contributed by atoms with van der Waals surface area (Å²) in [6.45, 7) is 2.06. The highest BCUT2D eigenvalue weighted by Gasteiger charge is 1.97. The Morgan fingerprint density at radius 3 is 2.90 bits per heavy atom. The molecule has 0 aliphatic carbocycles. The van der Waals surface area contributed by atoms with Crippen LogP contribution in [0.4, 0.5) is 0 Å². The molecular weight excluding hydrogens is 126 g/mol. The van der Waals surface area contributed by atoms with E-state index in [9.17, 15) is 0 Å². The summed E-state index contributed by atoms with van der Waals surface area (Å²) in [7, 11) is 1.66. The molecule has 1 aromatic rings. The molecule has 0 aromatic carbocycles. The Kier molecular flexibility index (Phi) is 2.26. The summed E-state index contributed by atoms with van der Waals surface area (Å²) in [6.07, 6.45) is 2.70. The molecule has 1 aromatic heterocycles. The first-order valence-corrected chi connectivity index (χ1v) is 3.36. The highest BCUT2D eigenvalue weighted by atomic mass is 16.5. The van der Waals surface area contributed by atoms with Gasteiger partial charge in [-0.3, -0.25) is 4.98 Å². The van der Waals surface area contributed by atoms with Gasteiger partial charge in [0.05, 0.1) is 12.8 Å². The van der Waals surface area contributed by atoms with Crippen molar-refractivity contribution in [1.82, 2.24) is 4.98 Å². The van der Waals surface area contributed by atoms with Crippen molar-refractivity contribution < 1.29 is 4.74 Å². The summed E-state index contributed by atoms with van der Waals surface area (Å²) in [5.74, 6) is 0.880. The molecule has 10 heavy (non-hydrogen) atoms. The van der Waals surface area contributed by atoms with E-state index in [1.807, 2.05) is 12.1 Å². The lowest BCUT2D eigenvalue weighted by Crippen LogP contribution is -1.92. The summed E-state index contributed by atoms with van der Waals surface area (Å²) in [6, 6.07) is 3.80. The van der Waals surface area contributed by atoms with Crippen molar-refractivity contribution >= 4 is 0 Å². The maximum absolute atomic E-state index is 5.07. The van der Waals surface area contributed by atoms with Gasteiger partial charge in [0, 0.05) is 6.20 Å². The van der Waals surface area contributed by atoms with Crippen molar-refractivity contribution in [3.05, 3.63) is 24.0 Å². The maximum Gasteiger partial charge on any atom is 0.140 e. The van der Waals surface area contributed by atoms with Gasteiger partial charge in [0.2, 0.25) is 0 Å². The van der Waals surface area contributed by atoms with Crippen molar-refractivity contribution in [2.45, 2.75) is 13.3 Å². The van der Waals surface area contributed by atoms with Crippen LogP contribution in [0.15, 0.2) is 18.3 Å². The first-order valence-electron chi connectivity index (χ1n) is 3.36. The van der Waals surface area contributed by atoms with Gasteiger partial charge in [0.15, 0.2) is 0 Å². The summed E-state index contributed by atoms with van der Waals surface area (Å²) >= 11 is 0. The number of hydrogen-bond donors (Lipinski definition) is 0. The predicted octanol–water partition coefficient (Wildman–Crippen LogP) is 1.65. The van der Waals surface area contributed by atoms with Crippen LogP contribution in [-0.4, -0.2) is 12.1 Å². The standard InChI is InChI=1S/C8H11NO/c1-3-7-8(10-2)5-4-6-9-7/h4-6H,3H2,1-2H3. The van der Waals surface area contributed by atoms with Crippen molar-refractivity contribution in [2.24, 2.45) is 0 Å². The Balaban J connectivity index is 2.96. The van der Waals surface area contributed by atoms with Crippen LogP contribution in [0, 0.1) is 0 Å². The second kappa shape index (κ2) is 3.20. The fourth-order valence-corrected chi connectivity index (χ4v) is 0.875. The van der Waals surface area contributed by atoms with Crippen LogP contribution in [0.3, 0.4) is 0 Å². The van der Waals surface area contributed by atoms with Crippen LogP contribution < -0.4 is 4.74 Å². The van der Waals surface area contributed by atoms with Crippen molar-refractivity contribution in [1.29, 1.82) is 0 Å². The van der Waals surface area contributed by atoms with E-state index in [0.29, 0.717) is 0 Å². The molecule has 0 radical (unpaired) electrons. The Morgan fingerprint density at radius 1 is 1.60 bits per heavy atom. The zero-order valence-corrected chi connectivity index (χ0v) is 6.29. The fourth-order valence-electron chi connectivity index (χ4n) is 0.875. The number of nitrogens with zero attached hydrogens (tertiary/aromatic N) is 1. The van der Waals surface area contributed by atoms with Gasteiger partial charge in [-0.1, -0.05) is 6.92 Å². The largest absolute Gasteiger partial charge is 0.495 e. The van der Waals surface area contributed by atoms with Crippen LogP contribution in [-0.2, 0) is 6.42 Å². The summed E-state index contributed by atoms with van der Waals surface area (Å²) in [4.78, 5) is 4.14. The number of aromatic nitrogens is 1. The first-order chi connectivity index (χ1) is 4.88. The van der Waals surface area contributed by atoms with Crippen LogP contribution in [0.1, 0.15) is 12.6 Å². The van der Waals surface area contributed by atoms with Gasteiger partial charge < -0.3 is 4.74 Å². The Hall–Kier alpha value is -1.05. The molecule has 0 aliphatic heterocycles. The predicted molar refractivity (Wildman–Crippen MR) is 40.2 cm³/mol. The zero-order valence-electron chi connectivity index (χ0n) is 6.29. The van der Waals surface area contributed by atoms with E-state index in [0.717, 1.165) is 17.9 Å². The fraction of sp³-hybridized carbons (Fsp3) is 0.375. The number of rotatable bonds is 2. The normalized spacial score (nSPS) is 9.40. The van der Waals surface area contributed by atoms with Gasteiger partial charge in [0.1, 0.15) is 5.75 Å². The molecule has 1 heterocycles. The van der Waals surface area contributed by atoms with Gasteiger partial charge in [-0.15, -0.1) is 0 Å². The topological polar surface area (TPSA) is 22.1 Å². The molecule has 0 bridgehead atoms. The lowest BCUT2D eigenvalue weighted by Gasteiger charge is -2.02. The van der Waals surface area contributed by atoms with Gasteiger partial charge in [-0.2, -0.15) is 0 Å². The monoisotopic (exact) mass is 137 g/mol. The van der Waals surface area contributed by atoms with Crippen molar-refractivity contribution in [3.63, 3.8) is 0 Å². The van der Waals surface area contributed by atoms with Crippen LogP contribution in [0.2, 0.25) is 0 Å². The summed E-state index contributed by atoms with van der Waals surface area (Å²) in [5, 5.41) is 0. The third kappa shape index (κ3) is 1.26. The maximum atomic E-state index is 5.07. The van der Waals surface area contributed by atoms with Gasteiger partial charge in [-0.25, -0.2) is 0 Å². The second-order valence-corrected chi connectivity index (χ2v) is 2.01. The number of aryl methyl sites for hydroxylation is 1. The molecule has 0 atom stereocenters. The molecule has 0 N–H and O–H groups in total. The van der Waals surface area contributed by atoms with Crippen LogP contribution >= 0.6 is 0 Å². The van der Waals surface area contributed by atoms with Crippen LogP contribution in [0.25, 0.3) is 0 Å². The Labute approximate surface area is 60.9 Å². The van der Waals surface area contributed by atoms with Gasteiger partial charge in [-0.05, 0) is 18.6 Å². The molecule has 0 saturated carbocycles. The van der Waals surface area contributed by atoms with Gasteiger partial charge in [0.25, 0.3) is 0 Å². The third-order valence-corrected chi connectivity index (χ3v) is 1.40. The van der Waals surface area contributed by atoms with E-state index in [2.05, 4.69) is 11.9 Å². The van der Waals surface area contributed by atoms with Crippen molar-refractivity contribution in [3.8, 4) is 5.75 Å². The number of ether oxygens (including phenoxy) is 1. The summed E-state index contributed by atoms with van der Waals surface area (Å²) < 4.78 is 5.07. The first kappa shape index (κ1) is 7.06. The van der Waals surface area contributed by atoms with E-state index in [1.165, 1.54) is 0 Å². The third-order valence-electron chi connectivity index (χ3n) is 1.40. The van der Waals surface area contributed by atoms with E-state index in [1.54, 1.807) is 13.3 Å². The molecular formula is C8H11NO. The minimum absolute atomic E-state index is 0.880. The molecule has 0 unspecified atom stereocenters. The lowest BCUT2D eigenvalue weighted by molar-refractivity contribution is 0.407. The number of methoxy groups -OCH3 is 1. The van der Waals surface area contributed by atoms with Gasteiger partial charge >= 0.3 is 0 Å². The molecule has 0 fully saturated rings.